The van der Waals surface area contributed by atoms with Gasteiger partial charge in [0.15, 0.2) is 11.5 Å². The van der Waals surface area contributed by atoms with Gasteiger partial charge in [0.05, 0.1) is 6.04 Å². The van der Waals surface area contributed by atoms with E-state index < -0.39 is 0 Å². The lowest BCUT2D eigenvalue weighted by atomic mass is 10.1. The van der Waals surface area contributed by atoms with Gasteiger partial charge in [0.1, 0.15) is 13.2 Å². The van der Waals surface area contributed by atoms with E-state index >= 15 is 0 Å². The molecule has 0 spiro atoms. The average Bonchev–Trinajstić information content (AvgIpc) is 3.12. The van der Waals surface area contributed by atoms with Crippen molar-refractivity contribution in [3.63, 3.8) is 0 Å². The maximum Gasteiger partial charge on any atom is 0.251 e. The summed E-state index contributed by atoms with van der Waals surface area (Å²) in [5, 5.41) is 5.10. The Labute approximate surface area is 168 Å². The quantitative estimate of drug-likeness (QED) is 0.749. The van der Waals surface area contributed by atoms with Crippen molar-refractivity contribution in [3.05, 3.63) is 66.2 Å². The van der Waals surface area contributed by atoms with E-state index in [1.165, 1.54) is 0 Å². The van der Waals surface area contributed by atoms with Crippen LogP contribution in [-0.2, 0) is 4.79 Å². The smallest absolute Gasteiger partial charge is 0.251 e. The van der Waals surface area contributed by atoms with Crippen LogP contribution in [0.5, 0.6) is 11.5 Å². The van der Waals surface area contributed by atoms with Gasteiger partial charge in [-0.25, -0.2) is 0 Å². The molecule has 2 amide bonds. The van der Waals surface area contributed by atoms with Crippen LogP contribution in [0.4, 0.5) is 5.69 Å². The number of fused-ring (bicyclic) bond motifs is 2. The van der Waals surface area contributed by atoms with Crippen LogP contribution in [0.2, 0.25) is 0 Å². The van der Waals surface area contributed by atoms with Gasteiger partial charge in [-0.1, -0.05) is 30.3 Å². The van der Waals surface area contributed by atoms with Gasteiger partial charge in [0.25, 0.3) is 5.91 Å². The van der Waals surface area contributed by atoms with Crippen LogP contribution < -0.4 is 19.7 Å². The lowest BCUT2D eigenvalue weighted by molar-refractivity contribution is -0.117. The second-order valence-electron chi connectivity index (χ2n) is 7.27. The molecule has 0 aromatic heterocycles. The molecular formula is C23H20N2O4. The monoisotopic (exact) mass is 388 g/mol. The molecule has 1 saturated heterocycles. The molecule has 2 aliphatic rings. The Balaban J connectivity index is 1.30. The fraction of sp³-hybridized carbons (Fsp3) is 0.217. The minimum Gasteiger partial charge on any atom is -0.486 e. The van der Waals surface area contributed by atoms with Crippen LogP contribution in [0.1, 0.15) is 16.8 Å². The molecule has 1 atom stereocenters. The fourth-order valence-corrected chi connectivity index (χ4v) is 3.85. The summed E-state index contributed by atoms with van der Waals surface area (Å²) in [5.41, 5.74) is 1.34. The van der Waals surface area contributed by atoms with E-state index in [-0.39, 0.29) is 24.3 Å². The van der Waals surface area contributed by atoms with Gasteiger partial charge in [-0.3, -0.25) is 9.59 Å². The third-order valence-electron chi connectivity index (χ3n) is 5.31. The minimum atomic E-state index is -0.241. The fourth-order valence-electron chi connectivity index (χ4n) is 3.85. The molecule has 5 rings (SSSR count). The summed E-state index contributed by atoms with van der Waals surface area (Å²) < 4.78 is 11.1. The summed E-state index contributed by atoms with van der Waals surface area (Å²) in [6.45, 7) is 1.45. The predicted molar refractivity (Wildman–Crippen MR) is 110 cm³/mol. The Kier molecular flexibility index (Phi) is 4.31. The van der Waals surface area contributed by atoms with Gasteiger partial charge in [-0.05, 0) is 35.0 Å². The summed E-state index contributed by atoms with van der Waals surface area (Å²) in [6, 6.07) is 18.8. The summed E-state index contributed by atoms with van der Waals surface area (Å²) in [7, 11) is 0. The molecule has 2 aliphatic heterocycles. The van der Waals surface area contributed by atoms with Gasteiger partial charge in [-0.15, -0.1) is 0 Å². The number of nitrogens with zero attached hydrogens (tertiary/aromatic N) is 1. The zero-order valence-corrected chi connectivity index (χ0v) is 15.8. The van der Waals surface area contributed by atoms with Crippen molar-refractivity contribution >= 4 is 28.3 Å². The number of hydrogen-bond donors (Lipinski definition) is 1. The highest BCUT2D eigenvalue weighted by Crippen LogP contribution is 2.35. The summed E-state index contributed by atoms with van der Waals surface area (Å²) in [4.78, 5) is 26.9. The van der Waals surface area contributed by atoms with Crippen LogP contribution in [0, 0.1) is 0 Å². The molecule has 0 bridgehead atoms. The number of benzene rings is 3. The van der Waals surface area contributed by atoms with E-state index in [4.69, 9.17) is 9.47 Å². The highest BCUT2D eigenvalue weighted by atomic mass is 16.6. The van der Waals surface area contributed by atoms with E-state index in [9.17, 15) is 9.59 Å². The number of carbonyl (C=O) groups is 2. The Bertz CT molecular complexity index is 1110. The molecule has 1 fully saturated rings. The van der Waals surface area contributed by atoms with Crippen molar-refractivity contribution in [2.24, 2.45) is 0 Å². The van der Waals surface area contributed by atoms with Crippen LogP contribution in [0.15, 0.2) is 60.7 Å². The van der Waals surface area contributed by atoms with Crippen molar-refractivity contribution in [2.45, 2.75) is 12.5 Å². The Morgan fingerprint density at radius 2 is 1.72 bits per heavy atom. The highest BCUT2D eigenvalue weighted by molar-refractivity contribution is 6.01. The predicted octanol–water partition coefficient (Wildman–Crippen LogP) is 3.15. The largest absolute Gasteiger partial charge is 0.486 e. The number of carbonyl (C=O) groups excluding carboxylic acids is 2. The van der Waals surface area contributed by atoms with Crippen molar-refractivity contribution < 1.29 is 19.1 Å². The molecule has 0 radical (unpaired) electrons. The molecular weight excluding hydrogens is 368 g/mol. The lowest BCUT2D eigenvalue weighted by Gasteiger charge is -2.22. The third kappa shape index (κ3) is 3.38. The SMILES string of the molecule is O=C(N[C@@H]1CC(=O)N(c2ccc3c(c2)OCCO3)C1)c1ccc2ccccc2c1. The maximum atomic E-state index is 12.7. The molecule has 3 aromatic carbocycles. The number of ether oxygens (including phenoxy) is 2. The van der Waals surface area contributed by atoms with Crippen LogP contribution in [0.25, 0.3) is 10.8 Å². The standard InChI is InChI=1S/C23H20N2O4/c26-22-12-18(14-25(22)19-7-8-20-21(13-19)29-10-9-28-20)24-23(27)17-6-5-15-3-1-2-4-16(15)11-17/h1-8,11,13,18H,9-10,12,14H2,(H,24,27)/t18-/m1/s1. The van der Waals surface area contributed by atoms with E-state index in [0.29, 0.717) is 36.8 Å². The number of amides is 2. The zero-order chi connectivity index (χ0) is 19.8. The van der Waals surface area contributed by atoms with Gasteiger partial charge < -0.3 is 19.7 Å². The molecule has 3 aromatic rings. The number of anilines is 1. The first-order valence-corrected chi connectivity index (χ1v) is 9.67. The Morgan fingerprint density at radius 3 is 2.59 bits per heavy atom. The van der Waals surface area contributed by atoms with E-state index in [1.54, 1.807) is 4.90 Å². The van der Waals surface area contributed by atoms with Crippen LogP contribution >= 0.6 is 0 Å². The summed E-state index contributed by atoms with van der Waals surface area (Å²) >= 11 is 0. The van der Waals surface area contributed by atoms with Crippen LogP contribution in [-0.4, -0.2) is 37.6 Å². The van der Waals surface area contributed by atoms with E-state index in [0.717, 1.165) is 16.5 Å². The van der Waals surface area contributed by atoms with Gasteiger partial charge >= 0.3 is 0 Å². The first-order valence-electron chi connectivity index (χ1n) is 9.67. The normalized spacial score (nSPS) is 18.1. The topological polar surface area (TPSA) is 67.9 Å². The van der Waals surface area contributed by atoms with Gasteiger partial charge in [0, 0.05) is 30.3 Å². The number of rotatable bonds is 3. The second kappa shape index (κ2) is 7.13. The summed E-state index contributed by atoms with van der Waals surface area (Å²) in [5.74, 6) is 1.14. The van der Waals surface area contributed by atoms with Crippen molar-refractivity contribution in [2.75, 3.05) is 24.7 Å². The van der Waals surface area contributed by atoms with Crippen molar-refractivity contribution in [1.29, 1.82) is 0 Å². The zero-order valence-electron chi connectivity index (χ0n) is 15.8. The van der Waals surface area contributed by atoms with Crippen molar-refractivity contribution in [3.8, 4) is 11.5 Å². The van der Waals surface area contributed by atoms with Crippen molar-refractivity contribution in [1.82, 2.24) is 5.32 Å². The Morgan fingerprint density at radius 1 is 0.931 bits per heavy atom. The maximum absolute atomic E-state index is 12.7. The second-order valence-corrected chi connectivity index (χ2v) is 7.27. The Hall–Kier alpha value is -3.54. The molecule has 0 aliphatic carbocycles. The lowest BCUT2D eigenvalue weighted by Crippen LogP contribution is -2.37. The minimum absolute atomic E-state index is 0.0227. The third-order valence-corrected chi connectivity index (χ3v) is 5.31. The molecule has 6 heteroatoms. The molecule has 0 saturated carbocycles. The average molecular weight is 388 g/mol. The van der Waals surface area contributed by atoms with E-state index in [1.807, 2.05) is 60.7 Å². The number of hydrogen-bond acceptors (Lipinski definition) is 4. The molecule has 6 nitrogen and oxygen atoms in total. The van der Waals surface area contributed by atoms with Gasteiger partial charge in [-0.2, -0.15) is 0 Å². The first kappa shape index (κ1) is 17.6. The van der Waals surface area contributed by atoms with Gasteiger partial charge in [0.2, 0.25) is 5.91 Å². The summed E-state index contributed by atoms with van der Waals surface area (Å²) in [6.07, 6.45) is 0.272. The molecule has 29 heavy (non-hydrogen) atoms. The highest BCUT2D eigenvalue weighted by Gasteiger charge is 2.32. The molecule has 1 N–H and O–H groups in total. The molecule has 146 valence electrons. The molecule has 0 unspecified atom stereocenters. The number of nitrogens with one attached hydrogen (secondary N) is 1. The first-order chi connectivity index (χ1) is 14.2. The molecule has 2 heterocycles. The van der Waals surface area contributed by atoms with Crippen LogP contribution in [0.3, 0.4) is 0 Å². The van der Waals surface area contributed by atoms with E-state index in [2.05, 4.69) is 5.32 Å².